The Hall–Kier alpha value is -1.89. The molecule has 0 saturated carbocycles. The van der Waals surface area contributed by atoms with E-state index in [1.54, 1.807) is 24.0 Å². The number of ether oxygens (including phenoxy) is 1. The molecule has 0 amide bonds. The first-order valence-corrected chi connectivity index (χ1v) is 6.82. The highest BCUT2D eigenvalue weighted by molar-refractivity contribution is 9.10. The number of aryl methyl sites for hydroxylation is 1. The van der Waals surface area contributed by atoms with Crippen molar-refractivity contribution >= 4 is 21.6 Å². The van der Waals surface area contributed by atoms with Crippen molar-refractivity contribution in [2.75, 3.05) is 0 Å². The summed E-state index contributed by atoms with van der Waals surface area (Å²) in [7, 11) is 1.78. The van der Waals surface area contributed by atoms with Crippen molar-refractivity contribution < 1.29 is 9.66 Å². The fourth-order valence-electron chi connectivity index (χ4n) is 1.89. The SMILES string of the molecule is CC(C)Oc1ccc([N+](=O)[O-])cc1-c1c(Br)cnn1C. The van der Waals surface area contributed by atoms with Gasteiger partial charge in [-0.1, -0.05) is 0 Å². The predicted octanol–water partition coefficient (Wildman–Crippen LogP) is 3.55. The zero-order valence-electron chi connectivity index (χ0n) is 11.3. The van der Waals surface area contributed by atoms with Gasteiger partial charge in [-0.25, -0.2) is 0 Å². The van der Waals surface area contributed by atoms with Crippen molar-refractivity contribution in [2.45, 2.75) is 20.0 Å². The molecule has 2 rings (SSSR count). The lowest BCUT2D eigenvalue weighted by Crippen LogP contribution is -2.07. The van der Waals surface area contributed by atoms with Gasteiger partial charge in [0.2, 0.25) is 0 Å². The number of non-ortho nitro benzene ring substituents is 1. The van der Waals surface area contributed by atoms with Crippen LogP contribution < -0.4 is 4.74 Å². The maximum atomic E-state index is 11.0. The average molecular weight is 340 g/mol. The van der Waals surface area contributed by atoms with E-state index in [-0.39, 0.29) is 11.8 Å². The molecule has 2 aromatic rings. The third-order valence-electron chi connectivity index (χ3n) is 2.69. The van der Waals surface area contributed by atoms with E-state index in [1.807, 2.05) is 13.8 Å². The lowest BCUT2D eigenvalue weighted by molar-refractivity contribution is -0.384. The van der Waals surface area contributed by atoms with Gasteiger partial charge >= 0.3 is 0 Å². The van der Waals surface area contributed by atoms with Gasteiger partial charge in [0.15, 0.2) is 0 Å². The molecule has 0 spiro atoms. The number of halogens is 1. The van der Waals surface area contributed by atoms with E-state index in [2.05, 4.69) is 21.0 Å². The highest BCUT2D eigenvalue weighted by atomic mass is 79.9. The molecule has 0 aliphatic rings. The van der Waals surface area contributed by atoms with Crippen LogP contribution in [0.3, 0.4) is 0 Å². The van der Waals surface area contributed by atoms with Crippen molar-refractivity contribution in [3.8, 4) is 17.0 Å². The zero-order valence-corrected chi connectivity index (χ0v) is 12.9. The molecule has 0 N–H and O–H groups in total. The summed E-state index contributed by atoms with van der Waals surface area (Å²) in [5, 5.41) is 15.1. The maximum absolute atomic E-state index is 11.0. The minimum absolute atomic E-state index is 0.0178. The Bertz CT molecular complexity index is 633. The first kappa shape index (κ1) is 14.5. The quantitative estimate of drug-likeness (QED) is 0.630. The molecule has 20 heavy (non-hydrogen) atoms. The molecule has 106 valence electrons. The van der Waals surface area contributed by atoms with Crippen molar-refractivity contribution in [1.29, 1.82) is 0 Å². The molecule has 0 unspecified atom stereocenters. The minimum atomic E-state index is -0.424. The first-order valence-electron chi connectivity index (χ1n) is 6.03. The summed E-state index contributed by atoms with van der Waals surface area (Å²) in [6, 6.07) is 4.55. The Morgan fingerprint density at radius 1 is 1.45 bits per heavy atom. The van der Waals surface area contributed by atoms with Crippen LogP contribution in [-0.4, -0.2) is 20.8 Å². The molecule has 1 heterocycles. The molecule has 6 nitrogen and oxygen atoms in total. The lowest BCUT2D eigenvalue weighted by Gasteiger charge is -2.14. The van der Waals surface area contributed by atoms with Gasteiger partial charge in [-0.3, -0.25) is 14.8 Å². The maximum Gasteiger partial charge on any atom is 0.270 e. The van der Waals surface area contributed by atoms with Gasteiger partial charge in [0.05, 0.1) is 27.4 Å². The fourth-order valence-corrected chi connectivity index (χ4v) is 2.45. The summed E-state index contributed by atoms with van der Waals surface area (Å²) < 4.78 is 8.14. The Balaban J connectivity index is 2.63. The van der Waals surface area contributed by atoms with E-state index in [4.69, 9.17) is 4.74 Å². The van der Waals surface area contributed by atoms with Crippen molar-refractivity contribution in [1.82, 2.24) is 9.78 Å². The largest absolute Gasteiger partial charge is 0.490 e. The second kappa shape index (κ2) is 5.62. The third-order valence-corrected chi connectivity index (χ3v) is 3.27. The topological polar surface area (TPSA) is 70.2 Å². The van der Waals surface area contributed by atoms with Gasteiger partial charge in [-0.2, -0.15) is 5.10 Å². The lowest BCUT2D eigenvalue weighted by atomic mass is 10.1. The third kappa shape index (κ3) is 2.82. The molecular weight excluding hydrogens is 326 g/mol. The van der Waals surface area contributed by atoms with Crippen molar-refractivity contribution in [2.24, 2.45) is 7.05 Å². The molecule has 0 aliphatic carbocycles. The Morgan fingerprint density at radius 3 is 2.65 bits per heavy atom. The second-order valence-electron chi connectivity index (χ2n) is 4.57. The molecule has 0 fully saturated rings. The highest BCUT2D eigenvalue weighted by Gasteiger charge is 2.19. The van der Waals surface area contributed by atoms with Gasteiger partial charge in [0.1, 0.15) is 5.75 Å². The van der Waals surface area contributed by atoms with Crippen LogP contribution in [0.15, 0.2) is 28.9 Å². The van der Waals surface area contributed by atoms with E-state index in [0.29, 0.717) is 11.3 Å². The van der Waals surface area contributed by atoms with Crippen LogP contribution in [0.2, 0.25) is 0 Å². The number of rotatable bonds is 4. The van der Waals surface area contributed by atoms with Crippen LogP contribution in [0.25, 0.3) is 11.3 Å². The van der Waals surface area contributed by atoms with Gasteiger partial charge in [-0.05, 0) is 35.8 Å². The fraction of sp³-hybridized carbons (Fsp3) is 0.308. The normalized spacial score (nSPS) is 10.8. The Kier molecular flexibility index (Phi) is 4.08. The van der Waals surface area contributed by atoms with Crippen LogP contribution in [0.4, 0.5) is 5.69 Å². The number of aromatic nitrogens is 2. The summed E-state index contributed by atoms with van der Waals surface area (Å²) >= 11 is 3.41. The van der Waals surface area contributed by atoms with Gasteiger partial charge in [0, 0.05) is 24.7 Å². The van der Waals surface area contributed by atoms with Crippen LogP contribution >= 0.6 is 15.9 Å². The van der Waals surface area contributed by atoms with Crippen LogP contribution in [0, 0.1) is 10.1 Å². The highest BCUT2D eigenvalue weighted by Crippen LogP contribution is 2.37. The van der Waals surface area contributed by atoms with E-state index in [1.165, 1.54) is 12.1 Å². The summed E-state index contributed by atoms with van der Waals surface area (Å²) in [4.78, 5) is 10.5. The van der Waals surface area contributed by atoms with Gasteiger partial charge in [0.25, 0.3) is 5.69 Å². The number of nitro benzene ring substituents is 1. The summed E-state index contributed by atoms with van der Waals surface area (Å²) in [6.07, 6.45) is 1.62. The molecule has 0 saturated heterocycles. The molecular formula is C13H14BrN3O3. The van der Waals surface area contributed by atoms with E-state index in [9.17, 15) is 10.1 Å². The Labute approximate surface area is 124 Å². The van der Waals surface area contributed by atoms with E-state index < -0.39 is 4.92 Å². The molecule has 7 heteroatoms. The molecule has 0 radical (unpaired) electrons. The summed E-state index contributed by atoms with van der Waals surface area (Å²) in [6.45, 7) is 3.81. The van der Waals surface area contributed by atoms with E-state index in [0.717, 1.165) is 10.2 Å². The Morgan fingerprint density at radius 2 is 2.15 bits per heavy atom. The van der Waals surface area contributed by atoms with Gasteiger partial charge in [-0.15, -0.1) is 0 Å². The summed E-state index contributed by atoms with van der Waals surface area (Å²) in [5.41, 5.74) is 1.40. The second-order valence-corrected chi connectivity index (χ2v) is 5.42. The van der Waals surface area contributed by atoms with Crippen molar-refractivity contribution in [3.05, 3.63) is 39.0 Å². The monoisotopic (exact) mass is 339 g/mol. The number of benzene rings is 1. The van der Waals surface area contributed by atoms with Crippen LogP contribution in [0.5, 0.6) is 5.75 Å². The molecule has 1 aromatic carbocycles. The minimum Gasteiger partial charge on any atom is -0.490 e. The van der Waals surface area contributed by atoms with E-state index >= 15 is 0 Å². The predicted molar refractivity (Wildman–Crippen MR) is 78.8 cm³/mol. The molecule has 0 aliphatic heterocycles. The number of hydrogen-bond acceptors (Lipinski definition) is 4. The zero-order chi connectivity index (χ0) is 14.9. The summed E-state index contributed by atoms with van der Waals surface area (Å²) in [5.74, 6) is 0.593. The van der Waals surface area contributed by atoms with Crippen LogP contribution in [0.1, 0.15) is 13.8 Å². The molecule has 0 bridgehead atoms. The average Bonchev–Trinajstić information content (AvgIpc) is 2.69. The first-order chi connectivity index (χ1) is 9.40. The number of nitrogens with zero attached hydrogens (tertiary/aromatic N) is 3. The van der Waals surface area contributed by atoms with Crippen LogP contribution in [-0.2, 0) is 7.05 Å². The standard InChI is InChI=1S/C13H14BrN3O3/c1-8(2)20-12-5-4-9(17(18)19)6-10(12)13-11(14)7-15-16(13)3/h4-8H,1-3H3. The van der Waals surface area contributed by atoms with Crippen molar-refractivity contribution in [3.63, 3.8) is 0 Å². The van der Waals surface area contributed by atoms with Gasteiger partial charge < -0.3 is 4.74 Å². The smallest absolute Gasteiger partial charge is 0.270 e. The molecule has 0 atom stereocenters. The molecule has 1 aromatic heterocycles. The number of nitro groups is 1. The number of hydrogen-bond donors (Lipinski definition) is 0.